The third-order valence-corrected chi connectivity index (χ3v) is 1.51. The van der Waals surface area contributed by atoms with E-state index in [0.29, 0.717) is 6.10 Å². The van der Waals surface area contributed by atoms with Crippen LogP contribution in [-0.4, -0.2) is 26.3 Å². The minimum absolute atomic E-state index is 0.292. The summed E-state index contributed by atoms with van der Waals surface area (Å²) >= 11 is 0. The molecule has 0 bridgehead atoms. The average Bonchev–Trinajstić information content (AvgIpc) is 2.04. The first-order chi connectivity index (χ1) is 5.31. The lowest BCUT2D eigenvalue weighted by Crippen LogP contribution is -2.26. The number of ether oxygens (including phenoxy) is 1. The summed E-state index contributed by atoms with van der Waals surface area (Å²) in [5.41, 5.74) is 0. The molecular formula is C9H17NO. The second-order valence-electron chi connectivity index (χ2n) is 2.56. The molecule has 1 atom stereocenters. The van der Waals surface area contributed by atoms with Crippen LogP contribution in [-0.2, 0) is 4.74 Å². The van der Waals surface area contributed by atoms with Crippen LogP contribution in [0.5, 0.6) is 0 Å². The average molecular weight is 155 g/mol. The molecule has 0 saturated heterocycles. The first-order valence-corrected chi connectivity index (χ1v) is 3.98. The van der Waals surface area contributed by atoms with Gasteiger partial charge in [0.25, 0.3) is 0 Å². The molecule has 64 valence electrons. The molecule has 0 aliphatic heterocycles. The molecule has 2 heteroatoms. The van der Waals surface area contributed by atoms with Crippen molar-refractivity contribution >= 4 is 0 Å². The summed E-state index contributed by atoms with van der Waals surface area (Å²) in [6, 6.07) is 0. The summed E-state index contributed by atoms with van der Waals surface area (Å²) in [6.45, 7) is 3.92. The molecule has 11 heavy (non-hydrogen) atoms. The Bertz CT molecular complexity index is 117. The molecule has 0 spiro atoms. The van der Waals surface area contributed by atoms with E-state index in [2.05, 4.69) is 11.2 Å². The number of unbranched alkanes of at least 4 members (excludes halogenated alkanes) is 1. The fraction of sp³-hybridized carbons (Fsp3) is 0.778. The summed E-state index contributed by atoms with van der Waals surface area (Å²) in [5, 5.41) is 3.25. The third kappa shape index (κ3) is 7.38. The molecule has 0 radical (unpaired) electrons. The molecule has 0 heterocycles. The number of hydrogen-bond donors (Lipinski definition) is 1. The van der Waals surface area contributed by atoms with Crippen molar-refractivity contribution in [3.8, 4) is 12.3 Å². The highest BCUT2D eigenvalue weighted by atomic mass is 16.5. The van der Waals surface area contributed by atoms with Crippen LogP contribution in [0.25, 0.3) is 0 Å². The Kier molecular flexibility index (Phi) is 7.23. The molecule has 0 aliphatic rings. The molecule has 0 rings (SSSR count). The van der Waals surface area contributed by atoms with Crippen molar-refractivity contribution in [2.45, 2.75) is 25.9 Å². The van der Waals surface area contributed by atoms with Crippen molar-refractivity contribution in [1.82, 2.24) is 5.32 Å². The Labute approximate surface area is 69.3 Å². The maximum absolute atomic E-state index is 5.09. The molecule has 0 aliphatic carbocycles. The van der Waals surface area contributed by atoms with Crippen LogP contribution in [0.2, 0.25) is 0 Å². The molecule has 2 nitrogen and oxygen atoms in total. The van der Waals surface area contributed by atoms with Crippen molar-refractivity contribution in [3.63, 3.8) is 0 Å². The van der Waals surface area contributed by atoms with Crippen LogP contribution in [0, 0.1) is 12.3 Å². The monoisotopic (exact) mass is 155 g/mol. The van der Waals surface area contributed by atoms with Crippen molar-refractivity contribution in [2.24, 2.45) is 0 Å². The normalized spacial score (nSPS) is 12.5. The molecule has 1 N–H and O–H groups in total. The first kappa shape index (κ1) is 10.5. The fourth-order valence-electron chi connectivity index (χ4n) is 0.704. The second kappa shape index (κ2) is 7.59. The van der Waals surface area contributed by atoms with Crippen molar-refractivity contribution in [1.29, 1.82) is 0 Å². The number of terminal acetylenes is 1. The number of nitrogens with one attached hydrogen (secondary N) is 1. The number of methoxy groups -OCH3 is 1. The van der Waals surface area contributed by atoms with Gasteiger partial charge in [0.1, 0.15) is 0 Å². The molecule has 0 saturated carbocycles. The van der Waals surface area contributed by atoms with Crippen LogP contribution in [0.4, 0.5) is 0 Å². The zero-order chi connectivity index (χ0) is 8.53. The summed E-state index contributed by atoms with van der Waals surface area (Å²) < 4.78 is 5.05. The zero-order valence-electron chi connectivity index (χ0n) is 7.39. The lowest BCUT2D eigenvalue weighted by molar-refractivity contribution is 0.117. The molecule has 0 aromatic heterocycles. The lowest BCUT2D eigenvalue weighted by atomic mass is 10.3. The van der Waals surface area contributed by atoms with Crippen LogP contribution < -0.4 is 5.32 Å². The van der Waals surface area contributed by atoms with Crippen LogP contribution >= 0.6 is 0 Å². The molecule has 1 unspecified atom stereocenters. The van der Waals surface area contributed by atoms with E-state index >= 15 is 0 Å². The summed E-state index contributed by atoms with van der Waals surface area (Å²) in [5.74, 6) is 2.60. The van der Waals surface area contributed by atoms with Crippen LogP contribution in [0.3, 0.4) is 0 Å². The van der Waals surface area contributed by atoms with Gasteiger partial charge in [0, 0.05) is 20.1 Å². The van der Waals surface area contributed by atoms with Gasteiger partial charge in [0.2, 0.25) is 0 Å². The van der Waals surface area contributed by atoms with Gasteiger partial charge in [-0.15, -0.1) is 12.3 Å². The van der Waals surface area contributed by atoms with Gasteiger partial charge >= 0.3 is 0 Å². The van der Waals surface area contributed by atoms with Gasteiger partial charge in [-0.2, -0.15) is 0 Å². The van der Waals surface area contributed by atoms with E-state index in [0.717, 1.165) is 25.9 Å². The topological polar surface area (TPSA) is 21.3 Å². The van der Waals surface area contributed by atoms with Gasteiger partial charge in [-0.05, 0) is 19.9 Å². The summed E-state index contributed by atoms with van der Waals surface area (Å²) in [6.07, 6.45) is 7.29. The highest BCUT2D eigenvalue weighted by molar-refractivity contribution is 4.83. The van der Waals surface area contributed by atoms with Crippen LogP contribution in [0.1, 0.15) is 19.8 Å². The van der Waals surface area contributed by atoms with E-state index in [4.69, 9.17) is 11.2 Å². The van der Waals surface area contributed by atoms with E-state index in [-0.39, 0.29) is 0 Å². The Morgan fingerprint density at radius 3 is 2.91 bits per heavy atom. The third-order valence-electron chi connectivity index (χ3n) is 1.51. The SMILES string of the molecule is C#CCCCNCC(C)OC. The fourth-order valence-corrected chi connectivity index (χ4v) is 0.704. The van der Waals surface area contributed by atoms with Crippen LogP contribution in [0.15, 0.2) is 0 Å². The standard InChI is InChI=1S/C9H17NO/c1-4-5-6-7-10-8-9(2)11-3/h1,9-10H,5-8H2,2-3H3. The second-order valence-corrected chi connectivity index (χ2v) is 2.56. The van der Waals surface area contributed by atoms with E-state index in [1.807, 2.05) is 6.92 Å². The maximum Gasteiger partial charge on any atom is 0.0667 e. The van der Waals surface area contributed by atoms with E-state index < -0.39 is 0 Å². The maximum atomic E-state index is 5.09. The number of rotatable bonds is 6. The molecule has 0 aromatic rings. The molecular weight excluding hydrogens is 138 g/mol. The molecule has 0 amide bonds. The molecule has 0 aromatic carbocycles. The predicted molar refractivity (Wildman–Crippen MR) is 47.4 cm³/mol. The van der Waals surface area contributed by atoms with E-state index in [1.54, 1.807) is 7.11 Å². The van der Waals surface area contributed by atoms with Gasteiger partial charge in [0.05, 0.1) is 6.10 Å². The zero-order valence-corrected chi connectivity index (χ0v) is 7.39. The quantitative estimate of drug-likeness (QED) is 0.457. The predicted octanol–water partition coefficient (Wildman–Crippen LogP) is 1.02. The van der Waals surface area contributed by atoms with Gasteiger partial charge < -0.3 is 10.1 Å². The van der Waals surface area contributed by atoms with Gasteiger partial charge in [0.15, 0.2) is 0 Å². The Morgan fingerprint density at radius 2 is 2.36 bits per heavy atom. The summed E-state index contributed by atoms with van der Waals surface area (Å²) in [7, 11) is 1.72. The van der Waals surface area contributed by atoms with Crippen molar-refractivity contribution in [3.05, 3.63) is 0 Å². The molecule has 0 fully saturated rings. The van der Waals surface area contributed by atoms with Crippen molar-refractivity contribution in [2.75, 3.05) is 20.2 Å². The van der Waals surface area contributed by atoms with Gasteiger partial charge in [-0.25, -0.2) is 0 Å². The van der Waals surface area contributed by atoms with Gasteiger partial charge in [-0.3, -0.25) is 0 Å². The minimum atomic E-state index is 0.292. The van der Waals surface area contributed by atoms with E-state index in [9.17, 15) is 0 Å². The highest BCUT2D eigenvalue weighted by Gasteiger charge is 1.95. The lowest BCUT2D eigenvalue weighted by Gasteiger charge is -2.09. The highest BCUT2D eigenvalue weighted by Crippen LogP contribution is 1.86. The van der Waals surface area contributed by atoms with Crippen molar-refractivity contribution < 1.29 is 4.74 Å². The first-order valence-electron chi connectivity index (χ1n) is 3.98. The van der Waals surface area contributed by atoms with E-state index in [1.165, 1.54) is 0 Å². The number of hydrogen-bond acceptors (Lipinski definition) is 2. The van der Waals surface area contributed by atoms with Gasteiger partial charge in [-0.1, -0.05) is 0 Å². The summed E-state index contributed by atoms with van der Waals surface area (Å²) in [4.78, 5) is 0. The largest absolute Gasteiger partial charge is 0.380 e. The Morgan fingerprint density at radius 1 is 1.64 bits per heavy atom. The minimum Gasteiger partial charge on any atom is -0.380 e. The smallest absolute Gasteiger partial charge is 0.0667 e. The Hall–Kier alpha value is -0.520. The Balaban J connectivity index is 2.97.